The van der Waals surface area contributed by atoms with Gasteiger partial charge in [0, 0.05) is 22.3 Å². The Labute approximate surface area is 112 Å². The van der Waals surface area contributed by atoms with E-state index in [1.807, 2.05) is 11.3 Å². The molecule has 1 heterocycles. The van der Waals surface area contributed by atoms with E-state index in [0.29, 0.717) is 6.04 Å². The lowest BCUT2D eigenvalue weighted by Crippen LogP contribution is -2.34. The minimum atomic E-state index is -0.626. The molecule has 1 aromatic heterocycles. The summed E-state index contributed by atoms with van der Waals surface area (Å²) >= 11 is 1.87. The second-order valence-electron chi connectivity index (χ2n) is 4.99. The first-order valence-corrected chi connectivity index (χ1v) is 7.54. The topological polar surface area (TPSA) is 49.3 Å². The summed E-state index contributed by atoms with van der Waals surface area (Å²) in [6.07, 6.45) is 4.72. The van der Waals surface area contributed by atoms with Crippen molar-refractivity contribution in [3.05, 3.63) is 21.9 Å². The van der Waals surface area contributed by atoms with Crippen LogP contribution in [0.15, 0.2) is 12.1 Å². The van der Waals surface area contributed by atoms with Crippen LogP contribution in [0.4, 0.5) is 0 Å². The summed E-state index contributed by atoms with van der Waals surface area (Å²) in [5.74, 6) is -0.740. The van der Waals surface area contributed by atoms with Gasteiger partial charge >= 0.3 is 5.97 Å². The van der Waals surface area contributed by atoms with E-state index in [9.17, 15) is 4.79 Å². The third kappa shape index (κ3) is 3.56. The highest BCUT2D eigenvalue weighted by Gasteiger charge is 2.25. The van der Waals surface area contributed by atoms with E-state index in [-0.39, 0.29) is 5.92 Å². The van der Waals surface area contributed by atoms with Crippen LogP contribution in [-0.4, -0.2) is 17.1 Å². The first kappa shape index (κ1) is 13.6. The summed E-state index contributed by atoms with van der Waals surface area (Å²) in [4.78, 5) is 13.7. The molecule has 18 heavy (non-hydrogen) atoms. The van der Waals surface area contributed by atoms with Crippen LogP contribution < -0.4 is 5.32 Å². The molecule has 0 spiro atoms. The molecule has 0 bridgehead atoms. The molecule has 0 aliphatic heterocycles. The molecule has 2 N–H and O–H groups in total. The Bertz CT molecular complexity index is 394. The van der Waals surface area contributed by atoms with Crippen molar-refractivity contribution in [1.82, 2.24) is 5.32 Å². The molecular weight excluding hydrogens is 246 g/mol. The van der Waals surface area contributed by atoms with Gasteiger partial charge in [-0.2, -0.15) is 0 Å². The van der Waals surface area contributed by atoms with Gasteiger partial charge in [-0.3, -0.25) is 4.79 Å². The largest absolute Gasteiger partial charge is 0.481 e. The van der Waals surface area contributed by atoms with Crippen LogP contribution in [0.1, 0.15) is 42.4 Å². The van der Waals surface area contributed by atoms with Crippen molar-refractivity contribution in [2.45, 2.75) is 51.6 Å². The lowest BCUT2D eigenvalue weighted by molar-refractivity contribution is -0.142. The van der Waals surface area contributed by atoms with Crippen molar-refractivity contribution >= 4 is 17.3 Å². The van der Waals surface area contributed by atoms with Crippen LogP contribution in [0.3, 0.4) is 0 Å². The fourth-order valence-corrected chi connectivity index (χ4v) is 3.41. The van der Waals surface area contributed by atoms with E-state index < -0.39 is 5.97 Å². The van der Waals surface area contributed by atoms with Gasteiger partial charge in [-0.25, -0.2) is 0 Å². The summed E-state index contributed by atoms with van der Waals surface area (Å²) in [6, 6.07) is 4.88. The van der Waals surface area contributed by atoms with Gasteiger partial charge in [-0.1, -0.05) is 6.92 Å². The Morgan fingerprint density at radius 1 is 1.33 bits per heavy atom. The average molecular weight is 267 g/mol. The maximum atomic E-state index is 10.9. The normalized spacial score (nSPS) is 24.1. The highest BCUT2D eigenvalue weighted by Crippen LogP contribution is 2.25. The van der Waals surface area contributed by atoms with Gasteiger partial charge < -0.3 is 10.4 Å². The summed E-state index contributed by atoms with van der Waals surface area (Å²) < 4.78 is 0. The van der Waals surface area contributed by atoms with Crippen LogP contribution in [0, 0.1) is 5.92 Å². The number of thiophene rings is 1. The SMILES string of the molecule is CCc1ccc(CNC2CCC(C(=O)O)CC2)s1. The molecule has 3 nitrogen and oxygen atoms in total. The molecule has 0 unspecified atom stereocenters. The predicted molar refractivity (Wildman–Crippen MR) is 73.9 cm³/mol. The number of carbonyl (C=O) groups is 1. The van der Waals surface area contributed by atoms with Crippen molar-refractivity contribution in [2.75, 3.05) is 0 Å². The molecule has 0 aromatic carbocycles. The number of nitrogens with one attached hydrogen (secondary N) is 1. The second-order valence-corrected chi connectivity index (χ2v) is 6.24. The van der Waals surface area contributed by atoms with E-state index in [0.717, 1.165) is 38.6 Å². The van der Waals surface area contributed by atoms with E-state index in [2.05, 4.69) is 24.4 Å². The van der Waals surface area contributed by atoms with Gasteiger partial charge in [0.1, 0.15) is 0 Å². The monoisotopic (exact) mass is 267 g/mol. The van der Waals surface area contributed by atoms with Gasteiger partial charge in [0.15, 0.2) is 0 Å². The Morgan fingerprint density at radius 2 is 2.00 bits per heavy atom. The molecule has 0 amide bonds. The molecule has 1 aliphatic carbocycles. The number of hydrogen-bond acceptors (Lipinski definition) is 3. The third-order valence-electron chi connectivity index (χ3n) is 3.71. The lowest BCUT2D eigenvalue weighted by Gasteiger charge is -2.26. The van der Waals surface area contributed by atoms with E-state index >= 15 is 0 Å². The van der Waals surface area contributed by atoms with Gasteiger partial charge in [-0.15, -0.1) is 11.3 Å². The summed E-state index contributed by atoms with van der Waals surface area (Å²) in [7, 11) is 0. The van der Waals surface area contributed by atoms with Gasteiger partial charge in [0.2, 0.25) is 0 Å². The Hall–Kier alpha value is -0.870. The minimum absolute atomic E-state index is 0.114. The zero-order valence-electron chi connectivity index (χ0n) is 10.8. The molecule has 1 aliphatic rings. The second kappa shape index (κ2) is 6.34. The molecule has 0 radical (unpaired) electrons. The first-order chi connectivity index (χ1) is 8.69. The molecular formula is C14H21NO2S. The Kier molecular flexibility index (Phi) is 4.78. The minimum Gasteiger partial charge on any atom is -0.481 e. The summed E-state index contributed by atoms with van der Waals surface area (Å²) in [6.45, 7) is 3.10. The van der Waals surface area contributed by atoms with Crippen LogP contribution in [-0.2, 0) is 17.8 Å². The van der Waals surface area contributed by atoms with Crippen molar-refractivity contribution in [3.8, 4) is 0 Å². The zero-order valence-corrected chi connectivity index (χ0v) is 11.6. The standard InChI is InChI=1S/C14H21NO2S/c1-2-12-7-8-13(18-12)9-15-11-5-3-10(4-6-11)14(16)17/h7-8,10-11,15H,2-6,9H2,1H3,(H,16,17). The van der Waals surface area contributed by atoms with Gasteiger partial charge in [-0.05, 0) is 44.2 Å². The Balaban J connectivity index is 1.73. The zero-order chi connectivity index (χ0) is 13.0. The van der Waals surface area contributed by atoms with Crippen LogP contribution in [0.5, 0.6) is 0 Å². The maximum Gasteiger partial charge on any atom is 0.306 e. The third-order valence-corrected chi connectivity index (χ3v) is 4.94. The van der Waals surface area contributed by atoms with Crippen molar-refractivity contribution in [3.63, 3.8) is 0 Å². The summed E-state index contributed by atoms with van der Waals surface area (Å²) in [5, 5.41) is 12.5. The number of aliphatic carboxylic acids is 1. The van der Waals surface area contributed by atoms with Crippen molar-refractivity contribution in [2.24, 2.45) is 5.92 Å². The van der Waals surface area contributed by atoms with Crippen molar-refractivity contribution < 1.29 is 9.90 Å². The number of aryl methyl sites for hydroxylation is 1. The molecule has 2 rings (SSSR count). The fourth-order valence-electron chi connectivity index (χ4n) is 2.50. The smallest absolute Gasteiger partial charge is 0.306 e. The predicted octanol–water partition coefficient (Wildman–Crippen LogP) is 3.04. The molecule has 1 fully saturated rings. The van der Waals surface area contributed by atoms with Gasteiger partial charge in [0.05, 0.1) is 5.92 Å². The van der Waals surface area contributed by atoms with E-state index in [1.54, 1.807) is 0 Å². The molecule has 4 heteroatoms. The molecule has 0 saturated heterocycles. The number of hydrogen-bond donors (Lipinski definition) is 2. The van der Waals surface area contributed by atoms with Crippen LogP contribution in [0.25, 0.3) is 0 Å². The van der Waals surface area contributed by atoms with Crippen molar-refractivity contribution in [1.29, 1.82) is 0 Å². The molecule has 1 aromatic rings. The number of carboxylic acids is 1. The number of rotatable bonds is 5. The maximum absolute atomic E-state index is 10.9. The molecule has 100 valence electrons. The summed E-state index contributed by atoms with van der Waals surface area (Å²) in [5.41, 5.74) is 0. The van der Waals surface area contributed by atoms with E-state index in [1.165, 1.54) is 9.75 Å². The van der Waals surface area contributed by atoms with Crippen LogP contribution in [0.2, 0.25) is 0 Å². The molecule has 0 atom stereocenters. The van der Waals surface area contributed by atoms with Crippen LogP contribution >= 0.6 is 11.3 Å². The Morgan fingerprint density at radius 3 is 2.56 bits per heavy atom. The van der Waals surface area contributed by atoms with Gasteiger partial charge in [0.25, 0.3) is 0 Å². The fraction of sp³-hybridized carbons (Fsp3) is 0.643. The average Bonchev–Trinajstić information content (AvgIpc) is 2.85. The lowest BCUT2D eigenvalue weighted by atomic mass is 9.86. The quantitative estimate of drug-likeness (QED) is 0.862. The number of carboxylic acid groups (broad SMARTS) is 1. The highest BCUT2D eigenvalue weighted by molar-refractivity contribution is 7.11. The van der Waals surface area contributed by atoms with E-state index in [4.69, 9.17) is 5.11 Å². The highest BCUT2D eigenvalue weighted by atomic mass is 32.1. The first-order valence-electron chi connectivity index (χ1n) is 6.72. The molecule has 1 saturated carbocycles.